The van der Waals surface area contributed by atoms with Crippen LogP contribution in [0.15, 0.2) is 42.5 Å². The largest absolute Gasteiger partial charge is 0.380 e. The number of amides is 1. The third-order valence-corrected chi connectivity index (χ3v) is 4.80. The molecule has 1 amide bonds. The number of primary amides is 1. The molecule has 0 spiro atoms. The van der Waals surface area contributed by atoms with Crippen molar-refractivity contribution in [1.29, 1.82) is 5.26 Å². The maximum absolute atomic E-state index is 14.0. The number of halogens is 1. The second-order valence-electron chi connectivity index (χ2n) is 6.61. The van der Waals surface area contributed by atoms with Crippen LogP contribution in [0.3, 0.4) is 0 Å². The quantitative estimate of drug-likeness (QED) is 0.881. The van der Waals surface area contributed by atoms with Crippen LogP contribution in [-0.2, 0) is 11.2 Å². The molecule has 0 bridgehead atoms. The summed E-state index contributed by atoms with van der Waals surface area (Å²) >= 11 is 0. The van der Waals surface area contributed by atoms with E-state index in [1.807, 2.05) is 24.3 Å². The topological polar surface area (TPSA) is 79.3 Å². The normalized spacial score (nSPS) is 16.3. The molecule has 0 unspecified atom stereocenters. The molecule has 140 valence electrons. The zero-order valence-corrected chi connectivity index (χ0v) is 15.0. The maximum atomic E-state index is 14.0. The minimum Gasteiger partial charge on any atom is -0.380 e. The Morgan fingerprint density at radius 2 is 1.93 bits per heavy atom. The summed E-state index contributed by atoms with van der Waals surface area (Å²) in [5.74, 6) is -1.41. The van der Waals surface area contributed by atoms with Gasteiger partial charge in [0.15, 0.2) is 0 Å². The number of nitrogens with two attached hydrogens (primary N) is 1. The van der Waals surface area contributed by atoms with Crippen molar-refractivity contribution in [2.45, 2.75) is 18.9 Å². The zero-order chi connectivity index (χ0) is 19.2. The Bertz CT molecular complexity index is 837. The Morgan fingerprint density at radius 1 is 1.19 bits per heavy atom. The van der Waals surface area contributed by atoms with E-state index < -0.39 is 11.7 Å². The molecule has 1 atom stereocenters. The Hall–Kier alpha value is -2.75. The molecule has 5 nitrogen and oxygen atoms in total. The van der Waals surface area contributed by atoms with Crippen LogP contribution in [0.5, 0.6) is 0 Å². The lowest BCUT2D eigenvalue weighted by molar-refractivity contribution is 0.0996. The molecule has 0 saturated carbocycles. The van der Waals surface area contributed by atoms with E-state index in [0.29, 0.717) is 18.6 Å². The molecule has 6 heteroatoms. The predicted octanol–water partition coefficient (Wildman–Crippen LogP) is 2.75. The molecule has 3 rings (SSSR count). The molecule has 2 N–H and O–H groups in total. The van der Waals surface area contributed by atoms with E-state index in [-0.39, 0.29) is 11.6 Å². The summed E-state index contributed by atoms with van der Waals surface area (Å²) in [6.45, 7) is 3.03. The average Bonchev–Trinajstić information content (AvgIpc) is 2.95. The number of hydrogen-bond acceptors (Lipinski definition) is 4. The second-order valence-corrected chi connectivity index (χ2v) is 6.61. The van der Waals surface area contributed by atoms with Crippen molar-refractivity contribution in [1.82, 2.24) is 4.90 Å². The van der Waals surface area contributed by atoms with Gasteiger partial charge in [0.2, 0.25) is 0 Å². The van der Waals surface area contributed by atoms with Crippen LogP contribution in [0, 0.1) is 17.1 Å². The molecule has 1 saturated heterocycles. The molecule has 1 heterocycles. The predicted molar refractivity (Wildman–Crippen MR) is 100 cm³/mol. The van der Waals surface area contributed by atoms with Gasteiger partial charge < -0.3 is 10.5 Å². The van der Waals surface area contributed by atoms with Crippen LogP contribution in [0.25, 0.3) is 11.1 Å². The first-order chi connectivity index (χ1) is 13.1. The van der Waals surface area contributed by atoms with Crippen molar-refractivity contribution in [2.24, 2.45) is 5.73 Å². The highest BCUT2D eigenvalue weighted by Crippen LogP contribution is 2.23. The van der Waals surface area contributed by atoms with E-state index in [4.69, 9.17) is 10.5 Å². The smallest absolute Gasteiger partial charge is 0.251 e. The SMILES string of the molecule is N#C[C@H](Cc1ccc(-c2ccc(C(N)=O)c(F)c2)cc1)N1CCCOCC1. The minimum atomic E-state index is -0.782. The summed E-state index contributed by atoms with van der Waals surface area (Å²) in [6.07, 6.45) is 1.57. The second kappa shape index (κ2) is 8.76. The van der Waals surface area contributed by atoms with Gasteiger partial charge >= 0.3 is 0 Å². The Balaban J connectivity index is 1.72. The summed E-state index contributed by atoms with van der Waals surface area (Å²) in [7, 11) is 0. The molecule has 2 aromatic carbocycles. The fraction of sp³-hybridized carbons (Fsp3) is 0.333. The van der Waals surface area contributed by atoms with E-state index in [2.05, 4.69) is 11.0 Å². The van der Waals surface area contributed by atoms with Gasteiger partial charge in [-0.15, -0.1) is 0 Å². The van der Waals surface area contributed by atoms with Gasteiger partial charge in [0, 0.05) is 26.1 Å². The first kappa shape index (κ1) is 19.0. The molecule has 0 radical (unpaired) electrons. The fourth-order valence-corrected chi connectivity index (χ4v) is 3.28. The van der Waals surface area contributed by atoms with Crippen LogP contribution >= 0.6 is 0 Å². The van der Waals surface area contributed by atoms with Crippen LogP contribution in [-0.4, -0.2) is 43.2 Å². The lowest BCUT2D eigenvalue weighted by Gasteiger charge is -2.24. The number of rotatable bonds is 5. The van der Waals surface area contributed by atoms with Crippen molar-refractivity contribution in [3.05, 3.63) is 59.4 Å². The third kappa shape index (κ3) is 4.70. The summed E-state index contributed by atoms with van der Waals surface area (Å²) in [5, 5.41) is 9.55. The first-order valence-corrected chi connectivity index (χ1v) is 8.98. The van der Waals surface area contributed by atoms with Gasteiger partial charge in [-0.1, -0.05) is 30.3 Å². The van der Waals surface area contributed by atoms with Crippen LogP contribution in [0.1, 0.15) is 22.3 Å². The maximum Gasteiger partial charge on any atom is 0.251 e. The van der Waals surface area contributed by atoms with Crippen LogP contribution < -0.4 is 5.73 Å². The number of ether oxygens (including phenoxy) is 1. The number of nitrogens with zero attached hydrogens (tertiary/aromatic N) is 2. The lowest BCUT2D eigenvalue weighted by Crippen LogP contribution is -2.37. The third-order valence-electron chi connectivity index (χ3n) is 4.80. The van der Waals surface area contributed by atoms with Crippen molar-refractivity contribution >= 4 is 5.91 Å². The van der Waals surface area contributed by atoms with Crippen LogP contribution in [0.4, 0.5) is 4.39 Å². The molecule has 0 aromatic heterocycles. The Labute approximate surface area is 158 Å². The molecular formula is C21H22FN3O2. The van der Waals surface area contributed by atoms with Crippen molar-refractivity contribution in [3.63, 3.8) is 0 Å². The molecule has 2 aromatic rings. The highest BCUT2D eigenvalue weighted by atomic mass is 19.1. The van der Waals surface area contributed by atoms with Gasteiger partial charge in [0.25, 0.3) is 5.91 Å². The van der Waals surface area contributed by atoms with Crippen molar-refractivity contribution in [3.8, 4) is 17.2 Å². The highest BCUT2D eigenvalue weighted by molar-refractivity contribution is 5.93. The average molecular weight is 367 g/mol. The van der Waals surface area contributed by atoms with E-state index in [0.717, 1.165) is 37.2 Å². The van der Waals surface area contributed by atoms with Crippen molar-refractivity contribution in [2.75, 3.05) is 26.3 Å². The molecule has 1 aliphatic rings. The molecule has 1 fully saturated rings. The zero-order valence-electron chi connectivity index (χ0n) is 15.0. The van der Waals surface area contributed by atoms with Gasteiger partial charge in [-0.25, -0.2) is 4.39 Å². The van der Waals surface area contributed by atoms with Gasteiger partial charge in [-0.2, -0.15) is 5.26 Å². The number of benzene rings is 2. The Morgan fingerprint density at radius 3 is 2.59 bits per heavy atom. The number of hydrogen-bond donors (Lipinski definition) is 1. The van der Waals surface area contributed by atoms with Crippen molar-refractivity contribution < 1.29 is 13.9 Å². The summed E-state index contributed by atoms with van der Waals surface area (Å²) < 4.78 is 19.4. The molecular weight excluding hydrogens is 345 g/mol. The van der Waals surface area contributed by atoms with Crippen LogP contribution in [0.2, 0.25) is 0 Å². The van der Waals surface area contributed by atoms with Gasteiger partial charge in [0.05, 0.1) is 18.2 Å². The number of carbonyl (C=O) groups is 1. The number of carbonyl (C=O) groups excluding carboxylic acids is 1. The van der Waals surface area contributed by atoms with E-state index in [1.54, 1.807) is 6.07 Å². The minimum absolute atomic E-state index is 0.117. The summed E-state index contributed by atoms with van der Waals surface area (Å²) in [5.41, 5.74) is 7.58. The summed E-state index contributed by atoms with van der Waals surface area (Å²) in [4.78, 5) is 13.3. The first-order valence-electron chi connectivity index (χ1n) is 8.98. The highest BCUT2D eigenvalue weighted by Gasteiger charge is 2.20. The fourth-order valence-electron chi connectivity index (χ4n) is 3.28. The van der Waals surface area contributed by atoms with Gasteiger partial charge in [-0.05, 0) is 35.2 Å². The molecule has 1 aliphatic heterocycles. The number of nitriles is 1. The van der Waals surface area contributed by atoms with E-state index in [9.17, 15) is 14.4 Å². The lowest BCUT2D eigenvalue weighted by atomic mass is 9.99. The molecule has 27 heavy (non-hydrogen) atoms. The van der Waals surface area contributed by atoms with Gasteiger partial charge in [0.1, 0.15) is 11.9 Å². The summed E-state index contributed by atoms with van der Waals surface area (Å²) in [6, 6.07) is 14.3. The molecule has 0 aliphatic carbocycles. The van der Waals surface area contributed by atoms with E-state index >= 15 is 0 Å². The standard InChI is InChI=1S/C21H22FN3O2/c22-20-13-17(6-7-19(20)21(24)26)16-4-2-15(3-5-16)12-18(14-23)25-8-1-10-27-11-9-25/h2-7,13,18H,1,8-12H2,(H2,24,26)/t18-/m0/s1. The van der Waals surface area contributed by atoms with E-state index in [1.165, 1.54) is 12.1 Å². The monoisotopic (exact) mass is 367 g/mol. The Kier molecular flexibility index (Phi) is 6.17. The van der Waals surface area contributed by atoms with Gasteiger partial charge in [-0.3, -0.25) is 9.69 Å².